The van der Waals surface area contributed by atoms with E-state index in [0.717, 1.165) is 30.1 Å². The topological polar surface area (TPSA) is 74.1 Å². The lowest BCUT2D eigenvalue weighted by Crippen LogP contribution is -2.32. The van der Waals surface area contributed by atoms with Gasteiger partial charge in [0.05, 0.1) is 12.8 Å². The Balaban J connectivity index is 1.75. The second-order valence-electron chi connectivity index (χ2n) is 5.79. The summed E-state index contributed by atoms with van der Waals surface area (Å²) in [5.41, 5.74) is 4.17. The van der Waals surface area contributed by atoms with Crippen molar-refractivity contribution < 1.29 is 9.47 Å². The van der Waals surface area contributed by atoms with Crippen molar-refractivity contribution in [2.45, 2.75) is 39.0 Å². The maximum atomic E-state index is 5.99. The lowest BCUT2D eigenvalue weighted by atomic mass is 10.0. The molecule has 0 aromatic carbocycles. The molecule has 1 fully saturated rings. The van der Waals surface area contributed by atoms with Gasteiger partial charge < -0.3 is 14.8 Å². The fraction of sp³-hybridized carbons (Fsp3) is 0.562. The van der Waals surface area contributed by atoms with Crippen LogP contribution < -0.4 is 10.1 Å². The first kappa shape index (κ1) is 15.9. The van der Waals surface area contributed by atoms with E-state index in [1.54, 1.807) is 19.5 Å². The number of methoxy groups -OCH3 is 1. The van der Waals surface area contributed by atoms with Crippen molar-refractivity contribution in [1.29, 1.82) is 0 Å². The van der Waals surface area contributed by atoms with E-state index in [2.05, 4.69) is 27.3 Å². The van der Waals surface area contributed by atoms with E-state index in [1.165, 1.54) is 5.56 Å². The van der Waals surface area contributed by atoms with Crippen LogP contribution in [0.2, 0.25) is 0 Å². The summed E-state index contributed by atoms with van der Waals surface area (Å²) < 4.78 is 13.2. The number of ether oxygens (including phenoxy) is 2. The molecule has 0 amide bonds. The molecule has 2 atom stereocenters. The van der Waals surface area contributed by atoms with Crippen molar-refractivity contribution in [1.82, 2.24) is 25.1 Å². The highest BCUT2D eigenvalue weighted by Crippen LogP contribution is 2.33. The molecule has 7 heteroatoms. The van der Waals surface area contributed by atoms with Crippen LogP contribution in [0.1, 0.15) is 35.2 Å². The molecule has 3 heterocycles. The summed E-state index contributed by atoms with van der Waals surface area (Å²) >= 11 is 0. The van der Waals surface area contributed by atoms with E-state index in [0.29, 0.717) is 12.4 Å². The van der Waals surface area contributed by atoms with Crippen molar-refractivity contribution >= 4 is 0 Å². The molecule has 1 saturated heterocycles. The van der Waals surface area contributed by atoms with Gasteiger partial charge in [-0.3, -0.25) is 9.67 Å². The minimum Gasteiger partial charge on any atom is -0.480 e. The van der Waals surface area contributed by atoms with Gasteiger partial charge in [0, 0.05) is 49.9 Å². The summed E-state index contributed by atoms with van der Waals surface area (Å²) in [4.78, 5) is 8.52. The lowest BCUT2D eigenvalue weighted by molar-refractivity contribution is 0.0973. The summed E-state index contributed by atoms with van der Waals surface area (Å²) in [5.74, 6) is 0.559. The number of aromatic nitrogens is 4. The first-order valence-electron chi connectivity index (χ1n) is 7.80. The lowest BCUT2D eigenvalue weighted by Gasteiger charge is -2.20. The van der Waals surface area contributed by atoms with E-state index >= 15 is 0 Å². The Morgan fingerprint density at radius 3 is 2.83 bits per heavy atom. The maximum Gasteiger partial charge on any atom is 0.236 e. The SMILES string of the molecule is COc1nccnc1CN[C@H]1CCO[C@@H]1c1c(C)nn(C)c1C. The molecule has 7 nitrogen and oxygen atoms in total. The molecule has 0 spiro atoms. The van der Waals surface area contributed by atoms with Gasteiger partial charge in [-0.1, -0.05) is 0 Å². The predicted octanol–water partition coefficient (Wildman–Crippen LogP) is 1.46. The molecule has 0 bridgehead atoms. The van der Waals surface area contributed by atoms with Crippen LogP contribution in [0.3, 0.4) is 0 Å². The highest BCUT2D eigenvalue weighted by atomic mass is 16.5. The number of hydrogen-bond donors (Lipinski definition) is 1. The number of aryl methyl sites for hydroxylation is 2. The first-order valence-corrected chi connectivity index (χ1v) is 7.80. The molecule has 1 aliphatic rings. The Hall–Kier alpha value is -1.99. The smallest absolute Gasteiger partial charge is 0.236 e. The summed E-state index contributed by atoms with van der Waals surface area (Å²) in [6.45, 7) is 5.46. The molecular formula is C16H23N5O2. The molecule has 0 unspecified atom stereocenters. The van der Waals surface area contributed by atoms with Crippen LogP contribution in [0, 0.1) is 13.8 Å². The van der Waals surface area contributed by atoms with Crippen molar-refractivity contribution in [2.24, 2.45) is 7.05 Å². The van der Waals surface area contributed by atoms with Crippen molar-refractivity contribution in [3.63, 3.8) is 0 Å². The van der Waals surface area contributed by atoms with Crippen LogP contribution in [-0.4, -0.2) is 39.5 Å². The van der Waals surface area contributed by atoms with Crippen molar-refractivity contribution in [3.05, 3.63) is 35.0 Å². The molecule has 0 aliphatic carbocycles. The van der Waals surface area contributed by atoms with Crippen molar-refractivity contribution in [3.8, 4) is 5.88 Å². The Bertz CT molecular complexity index is 685. The van der Waals surface area contributed by atoms with Gasteiger partial charge in [-0.05, 0) is 20.3 Å². The van der Waals surface area contributed by atoms with Gasteiger partial charge in [-0.2, -0.15) is 5.10 Å². The number of rotatable bonds is 5. The second-order valence-corrected chi connectivity index (χ2v) is 5.79. The fourth-order valence-corrected chi connectivity index (χ4v) is 3.16. The first-order chi connectivity index (χ1) is 11.1. The molecule has 124 valence electrons. The third kappa shape index (κ3) is 3.07. The molecule has 1 N–H and O–H groups in total. The summed E-state index contributed by atoms with van der Waals surface area (Å²) in [6.07, 6.45) is 4.29. The molecule has 1 aliphatic heterocycles. The molecule has 2 aromatic rings. The molecule has 23 heavy (non-hydrogen) atoms. The number of nitrogens with one attached hydrogen (secondary N) is 1. The maximum absolute atomic E-state index is 5.99. The monoisotopic (exact) mass is 317 g/mol. The predicted molar refractivity (Wildman–Crippen MR) is 85.2 cm³/mol. The van der Waals surface area contributed by atoms with Crippen LogP contribution in [0.15, 0.2) is 12.4 Å². The highest BCUT2D eigenvalue weighted by Gasteiger charge is 2.33. The van der Waals surface area contributed by atoms with Crippen LogP contribution in [0.5, 0.6) is 5.88 Å². The van der Waals surface area contributed by atoms with Gasteiger partial charge in [0.15, 0.2) is 0 Å². The average Bonchev–Trinajstić information content (AvgIpc) is 3.10. The Labute approximate surface area is 136 Å². The van der Waals surface area contributed by atoms with E-state index in [4.69, 9.17) is 9.47 Å². The Kier molecular flexibility index (Phi) is 4.58. The van der Waals surface area contributed by atoms with Gasteiger partial charge in [0.1, 0.15) is 11.8 Å². The second kappa shape index (κ2) is 6.64. The highest BCUT2D eigenvalue weighted by molar-refractivity contribution is 5.29. The third-order valence-corrected chi connectivity index (χ3v) is 4.40. The zero-order valence-corrected chi connectivity index (χ0v) is 14.0. The van der Waals surface area contributed by atoms with Gasteiger partial charge in [0.2, 0.25) is 5.88 Å². The summed E-state index contributed by atoms with van der Waals surface area (Å²) in [5, 5.41) is 8.04. The molecular weight excluding hydrogens is 294 g/mol. The molecule has 0 radical (unpaired) electrons. The third-order valence-electron chi connectivity index (χ3n) is 4.40. The number of nitrogens with zero attached hydrogens (tertiary/aromatic N) is 4. The minimum absolute atomic E-state index is 0.0198. The zero-order chi connectivity index (χ0) is 16.4. The summed E-state index contributed by atoms with van der Waals surface area (Å²) in [6, 6.07) is 0.225. The van der Waals surface area contributed by atoms with Crippen LogP contribution in [-0.2, 0) is 18.3 Å². The molecule has 2 aromatic heterocycles. The van der Waals surface area contributed by atoms with Crippen LogP contribution >= 0.6 is 0 Å². The Morgan fingerprint density at radius 1 is 1.35 bits per heavy atom. The van der Waals surface area contributed by atoms with Gasteiger partial charge >= 0.3 is 0 Å². The summed E-state index contributed by atoms with van der Waals surface area (Å²) in [7, 11) is 3.57. The van der Waals surface area contributed by atoms with E-state index in [1.807, 2.05) is 18.7 Å². The van der Waals surface area contributed by atoms with Crippen molar-refractivity contribution in [2.75, 3.05) is 13.7 Å². The average molecular weight is 317 g/mol. The number of hydrogen-bond acceptors (Lipinski definition) is 6. The largest absolute Gasteiger partial charge is 0.480 e. The van der Waals surface area contributed by atoms with Gasteiger partial charge in [-0.15, -0.1) is 0 Å². The van der Waals surface area contributed by atoms with Gasteiger partial charge in [0.25, 0.3) is 0 Å². The molecule has 3 rings (SSSR count). The molecule has 0 saturated carbocycles. The normalized spacial score (nSPS) is 20.9. The van der Waals surface area contributed by atoms with Crippen LogP contribution in [0.25, 0.3) is 0 Å². The van der Waals surface area contributed by atoms with E-state index < -0.39 is 0 Å². The standard InChI is InChI=1S/C16H23N5O2/c1-10-14(11(2)21(3)20-10)15-12(5-8-23-15)19-9-13-16(22-4)18-7-6-17-13/h6-7,12,15,19H,5,8-9H2,1-4H3/t12-,15-/m0/s1. The Morgan fingerprint density at radius 2 is 2.13 bits per heavy atom. The fourth-order valence-electron chi connectivity index (χ4n) is 3.16. The quantitative estimate of drug-likeness (QED) is 0.900. The van der Waals surface area contributed by atoms with Gasteiger partial charge in [-0.25, -0.2) is 4.98 Å². The minimum atomic E-state index is 0.0198. The zero-order valence-electron chi connectivity index (χ0n) is 14.0. The van der Waals surface area contributed by atoms with E-state index in [9.17, 15) is 0 Å². The van der Waals surface area contributed by atoms with Crippen LogP contribution in [0.4, 0.5) is 0 Å². The van der Waals surface area contributed by atoms with E-state index in [-0.39, 0.29) is 12.1 Å².